The minimum absolute atomic E-state index is 0.200. The van der Waals surface area contributed by atoms with E-state index in [1.54, 1.807) is 0 Å². The molecule has 0 aromatic heterocycles. The summed E-state index contributed by atoms with van der Waals surface area (Å²) in [6, 6.07) is 8.65. The fourth-order valence-electron chi connectivity index (χ4n) is 2.29. The highest BCUT2D eigenvalue weighted by molar-refractivity contribution is 5.77. The molecule has 0 aliphatic heterocycles. The number of rotatable bonds is 4. The van der Waals surface area contributed by atoms with E-state index in [1.807, 2.05) is 0 Å². The highest BCUT2D eigenvalue weighted by atomic mass is 15.1. The quantitative estimate of drug-likeness (QED) is 0.654. The minimum atomic E-state index is 0.200. The Balaban J connectivity index is 1.83. The zero-order valence-electron chi connectivity index (χ0n) is 12.9. The van der Waals surface area contributed by atoms with Crippen LogP contribution < -0.4 is 11.1 Å². The fraction of sp³-hybridized carbons (Fsp3) is 0.588. The third kappa shape index (κ3) is 4.26. The van der Waals surface area contributed by atoms with E-state index in [2.05, 4.69) is 55.3 Å². The van der Waals surface area contributed by atoms with Crippen LogP contribution in [-0.2, 0) is 12.0 Å². The molecule has 0 bridgehead atoms. The average molecular weight is 273 g/mol. The van der Waals surface area contributed by atoms with Gasteiger partial charge in [-0.3, -0.25) is 0 Å². The highest BCUT2D eigenvalue weighted by Gasteiger charge is 2.16. The molecule has 3 nitrogen and oxygen atoms in total. The molecule has 110 valence electrons. The van der Waals surface area contributed by atoms with Gasteiger partial charge < -0.3 is 11.1 Å². The summed E-state index contributed by atoms with van der Waals surface area (Å²) in [6.45, 7) is 8.29. The van der Waals surface area contributed by atoms with Crippen molar-refractivity contribution in [2.24, 2.45) is 16.6 Å². The van der Waals surface area contributed by atoms with Crippen molar-refractivity contribution in [3.63, 3.8) is 0 Å². The minimum Gasteiger partial charge on any atom is -0.370 e. The Kier molecular flexibility index (Phi) is 4.69. The summed E-state index contributed by atoms with van der Waals surface area (Å²) in [5.74, 6) is 1.37. The third-order valence-corrected chi connectivity index (χ3v) is 4.05. The van der Waals surface area contributed by atoms with Crippen LogP contribution in [0.4, 0.5) is 0 Å². The molecule has 0 unspecified atom stereocenters. The normalized spacial score (nSPS) is 16.9. The Morgan fingerprint density at radius 2 is 1.90 bits per heavy atom. The summed E-state index contributed by atoms with van der Waals surface area (Å²) in [5.41, 5.74) is 8.64. The van der Waals surface area contributed by atoms with E-state index < -0.39 is 0 Å². The van der Waals surface area contributed by atoms with E-state index in [-0.39, 0.29) is 5.41 Å². The van der Waals surface area contributed by atoms with Crippen LogP contribution in [0.2, 0.25) is 0 Å². The van der Waals surface area contributed by atoms with Gasteiger partial charge in [-0.15, -0.1) is 0 Å². The average Bonchev–Trinajstić information content (AvgIpc) is 2.34. The van der Waals surface area contributed by atoms with Crippen molar-refractivity contribution in [1.82, 2.24) is 5.32 Å². The number of nitrogens with one attached hydrogen (secondary N) is 1. The van der Waals surface area contributed by atoms with Crippen LogP contribution in [0.5, 0.6) is 0 Å². The maximum absolute atomic E-state index is 5.89. The molecule has 3 N–H and O–H groups in total. The van der Waals surface area contributed by atoms with E-state index in [0.717, 1.165) is 12.5 Å². The molecular weight excluding hydrogens is 246 g/mol. The molecule has 0 spiro atoms. The van der Waals surface area contributed by atoms with Crippen molar-refractivity contribution in [2.45, 2.75) is 52.0 Å². The molecule has 3 heteroatoms. The number of nitrogens with two attached hydrogens (primary N) is 1. The van der Waals surface area contributed by atoms with Crippen molar-refractivity contribution in [2.75, 3.05) is 6.54 Å². The number of nitrogens with zero attached hydrogens (tertiary/aromatic N) is 1. The van der Waals surface area contributed by atoms with Gasteiger partial charge in [0, 0.05) is 6.54 Å². The van der Waals surface area contributed by atoms with Gasteiger partial charge in [-0.25, -0.2) is 4.99 Å². The number of hydrogen-bond acceptors (Lipinski definition) is 1. The fourth-order valence-corrected chi connectivity index (χ4v) is 2.29. The number of aliphatic imine (C=N–C) groups is 1. The Morgan fingerprint density at radius 1 is 1.25 bits per heavy atom. The summed E-state index contributed by atoms with van der Waals surface area (Å²) in [5, 5.41) is 3.22. The van der Waals surface area contributed by atoms with Crippen LogP contribution in [0.1, 0.15) is 51.2 Å². The SMILES string of the molecule is CC(C)(C)c1ccc(CN=C(N)NCC2CCC2)cc1. The van der Waals surface area contributed by atoms with Crippen LogP contribution in [0.15, 0.2) is 29.3 Å². The Hall–Kier alpha value is -1.51. The summed E-state index contributed by atoms with van der Waals surface area (Å²) < 4.78 is 0. The molecule has 0 saturated heterocycles. The number of guanidine groups is 1. The Morgan fingerprint density at radius 3 is 2.40 bits per heavy atom. The topological polar surface area (TPSA) is 50.4 Å². The van der Waals surface area contributed by atoms with Crippen molar-refractivity contribution in [3.8, 4) is 0 Å². The van der Waals surface area contributed by atoms with E-state index >= 15 is 0 Å². The predicted octanol–water partition coefficient (Wildman–Crippen LogP) is 3.19. The maximum Gasteiger partial charge on any atom is 0.188 e. The van der Waals surface area contributed by atoms with Gasteiger partial charge in [-0.05, 0) is 35.3 Å². The largest absolute Gasteiger partial charge is 0.370 e. The molecule has 0 heterocycles. The molecule has 0 amide bonds. The van der Waals surface area contributed by atoms with Gasteiger partial charge in [-0.2, -0.15) is 0 Å². The summed E-state index contributed by atoms with van der Waals surface area (Å²) >= 11 is 0. The molecular formula is C17H27N3. The molecule has 1 aromatic rings. The lowest BCUT2D eigenvalue weighted by molar-refractivity contribution is 0.315. The van der Waals surface area contributed by atoms with E-state index in [4.69, 9.17) is 5.73 Å². The van der Waals surface area contributed by atoms with Crippen LogP contribution >= 0.6 is 0 Å². The second-order valence-electron chi connectivity index (χ2n) is 6.83. The summed E-state index contributed by atoms with van der Waals surface area (Å²) in [4.78, 5) is 4.40. The Bertz CT molecular complexity index is 450. The molecule has 1 aliphatic rings. The first-order valence-electron chi connectivity index (χ1n) is 7.58. The van der Waals surface area contributed by atoms with Crippen LogP contribution in [-0.4, -0.2) is 12.5 Å². The van der Waals surface area contributed by atoms with Gasteiger partial charge >= 0.3 is 0 Å². The Labute approximate surface area is 122 Å². The summed E-state index contributed by atoms with van der Waals surface area (Å²) in [6.07, 6.45) is 4.02. The van der Waals surface area contributed by atoms with Gasteiger partial charge in [0.25, 0.3) is 0 Å². The molecule has 2 rings (SSSR count). The molecule has 0 radical (unpaired) electrons. The lowest BCUT2D eigenvalue weighted by Gasteiger charge is -2.25. The van der Waals surface area contributed by atoms with Gasteiger partial charge in [0.05, 0.1) is 6.54 Å². The zero-order valence-corrected chi connectivity index (χ0v) is 12.9. The van der Waals surface area contributed by atoms with Crippen LogP contribution in [0, 0.1) is 5.92 Å². The lowest BCUT2D eigenvalue weighted by Crippen LogP contribution is -2.37. The molecule has 0 atom stereocenters. The van der Waals surface area contributed by atoms with E-state index in [1.165, 1.54) is 30.4 Å². The lowest BCUT2D eigenvalue weighted by atomic mass is 9.85. The first kappa shape index (κ1) is 14.9. The summed E-state index contributed by atoms with van der Waals surface area (Å²) in [7, 11) is 0. The van der Waals surface area contributed by atoms with Crippen LogP contribution in [0.25, 0.3) is 0 Å². The monoisotopic (exact) mass is 273 g/mol. The first-order valence-corrected chi connectivity index (χ1v) is 7.58. The second-order valence-corrected chi connectivity index (χ2v) is 6.83. The van der Waals surface area contributed by atoms with Crippen molar-refractivity contribution in [1.29, 1.82) is 0 Å². The first-order chi connectivity index (χ1) is 9.45. The third-order valence-electron chi connectivity index (χ3n) is 4.05. The smallest absolute Gasteiger partial charge is 0.188 e. The van der Waals surface area contributed by atoms with Gasteiger partial charge in [0.1, 0.15) is 0 Å². The second kappa shape index (κ2) is 6.29. The maximum atomic E-state index is 5.89. The van der Waals surface area contributed by atoms with Gasteiger partial charge in [0.2, 0.25) is 0 Å². The van der Waals surface area contributed by atoms with Gasteiger partial charge in [0.15, 0.2) is 5.96 Å². The van der Waals surface area contributed by atoms with Gasteiger partial charge in [-0.1, -0.05) is 51.5 Å². The van der Waals surface area contributed by atoms with Crippen molar-refractivity contribution >= 4 is 5.96 Å². The zero-order chi connectivity index (χ0) is 14.6. The van der Waals surface area contributed by atoms with Crippen LogP contribution in [0.3, 0.4) is 0 Å². The van der Waals surface area contributed by atoms with E-state index in [9.17, 15) is 0 Å². The molecule has 1 fully saturated rings. The molecule has 1 saturated carbocycles. The number of hydrogen-bond donors (Lipinski definition) is 2. The molecule has 1 aliphatic carbocycles. The molecule has 20 heavy (non-hydrogen) atoms. The number of benzene rings is 1. The van der Waals surface area contributed by atoms with E-state index in [0.29, 0.717) is 12.5 Å². The standard InChI is InChI=1S/C17H27N3/c1-17(2,3)15-9-7-14(8-10-15)12-20-16(18)19-11-13-5-4-6-13/h7-10,13H,4-6,11-12H2,1-3H3,(H3,18,19,20). The highest BCUT2D eigenvalue weighted by Crippen LogP contribution is 2.25. The predicted molar refractivity (Wildman–Crippen MR) is 85.8 cm³/mol. The van der Waals surface area contributed by atoms with Crippen molar-refractivity contribution < 1.29 is 0 Å². The molecule has 1 aromatic carbocycles. The van der Waals surface area contributed by atoms with Crippen molar-refractivity contribution in [3.05, 3.63) is 35.4 Å².